The number of carbonyl (C=O) groups is 3. The number of carbonyl (C=O) groups excluding carboxylic acids is 2. The van der Waals surface area contributed by atoms with Gasteiger partial charge in [0.25, 0.3) is 5.92 Å². The summed E-state index contributed by atoms with van der Waals surface area (Å²) in [6.45, 7) is 3.21. The number of fused-ring (bicyclic) bond motifs is 1. The van der Waals surface area contributed by atoms with Gasteiger partial charge in [-0.2, -0.15) is 26.3 Å². The van der Waals surface area contributed by atoms with E-state index < -0.39 is 78.5 Å². The van der Waals surface area contributed by atoms with Gasteiger partial charge in [0.1, 0.15) is 11.7 Å². The molecule has 1 saturated carbocycles. The second kappa shape index (κ2) is 11.6. The van der Waals surface area contributed by atoms with E-state index in [0.717, 1.165) is 4.90 Å². The van der Waals surface area contributed by atoms with Gasteiger partial charge in [0.05, 0.1) is 23.9 Å². The molecule has 2 heterocycles. The molecule has 0 bridgehead atoms. The van der Waals surface area contributed by atoms with E-state index in [2.05, 4.69) is 10.3 Å². The lowest BCUT2D eigenvalue weighted by atomic mass is 9.88. The molecule has 0 saturated heterocycles. The lowest BCUT2D eigenvalue weighted by molar-refractivity contribution is -0.201. The van der Waals surface area contributed by atoms with Crippen LogP contribution in [0.4, 0.5) is 35.1 Å². The molecule has 234 valence electrons. The number of guanidine groups is 1. The lowest BCUT2D eigenvalue weighted by Crippen LogP contribution is -2.52. The van der Waals surface area contributed by atoms with Gasteiger partial charge in [-0.15, -0.1) is 0 Å². The standard InChI is InChI=1S/C23H27F5N4O3.C2HF3O2/c1-3-21(4-2)10-17(33)32(20(29)31-21)11-13-18(22(13,24)25)19(34)30-14-9-16(23(26,27)28)35-15-8-6-5-7-12(14)15;3-2(4,5)1(6)7/h5-8,13-14,16,18H,3-4,9-11H2,1-2H3,(H2,29,31)(H,30,34);(H,6,7)/t13?,14-,16-,18?;/m1./s1. The molecule has 0 spiro atoms. The number of carboxylic acids is 1. The zero-order valence-corrected chi connectivity index (χ0v) is 22.2. The number of para-hydroxylation sites is 1. The Bertz CT molecular complexity index is 1230. The van der Waals surface area contributed by atoms with E-state index in [4.69, 9.17) is 20.4 Å². The maximum absolute atomic E-state index is 14.6. The monoisotopic (exact) mass is 616 g/mol. The van der Waals surface area contributed by atoms with Crippen molar-refractivity contribution in [2.75, 3.05) is 6.54 Å². The molecule has 4 atom stereocenters. The number of benzene rings is 1. The average molecular weight is 617 g/mol. The van der Waals surface area contributed by atoms with Crippen LogP contribution in [0.25, 0.3) is 0 Å². The predicted molar refractivity (Wildman–Crippen MR) is 129 cm³/mol. The summed E-state index contributed by atoms with van der Waals surface area (Å²) in [6.07, 6.45) is -11.5. The van der Waals surface area contributed by atoms with Crippen LogP contribution in [-0.2, 0) is 14.4 Å². The van der Waals surface area contributed by atoms with Crippen molar-refractivity contribution in [2.45, 2.75) is 75.5 Å². The highest BCUT2D eigenvalue weighted by molar-refractivity contribution is 5.99. The van der Waals surface area contributed by atoms with Gasteiger partial charge in [0.15, 0.2) is 12.1 Å². The number of hydrogen-bond acceptors (Lipinski definition) is 6. The van der Waals surface area contributed by atoms with Crippen LogP contribution in [0.2, 0.25) is 0 Å². The highest BCUT2D eigenvalue weighted by Gasteiger charge is 2.72. The van der Waals surface area contributed by atoms with Crippen LogP contribution in [0.3, 0.4) is 0 Å². The van der Waals surface area contributed by atoms with Crippen molar-refractivity contribution in [3.63, 3.8) is 0 Å². The van der Waals surface area contributed by atoms with Gasteiger partial charge in [0.2, 0.25) is 11.8 Å². The van der Waals surface area contributed by atoms with Crippen molar-refractivity contribution in [3.8, 4) is 5.75 Å². The third kappa shape index (κ3) is 6.86. The fraction of sp³-hybridized carbons (Fsp3) is 0.600. The first-order valence-corrected chi connectivity index (χ1v) is 12.7. The number of aliphatic carboxylic acids is 1. The number of carboxylic acid groups (broad SMARTS) is 1. The molecule has 2 amide bonds. The summed E-state index contributed by atoms with van der Waals surface area (Å²) in [7, 11) is 0. The third-order valence-electron chi connectivity index (χ3n) is 7.53. The minimum absolute atomic E-state index is 0.0214. The maximum Gasteiger partial charge on any atom is 0.490 e. The Morgan fingerprint density at radius 2 is 1.71 bits per heavy atom. The molecule has 0 radical (unpaired) electrons. The average Bonchev–Trinajstić information content (AvgIpc) is 3.44. The van der Waals surface area contributed by atoms with Crippen molar-refractivity contribution in [1.82, 2.24) is 10.2 Å². The van der Waals surface area contributed by atoms with Crippen LogP contribution < -0.4 is 15.8 Å². The van der Waals surface area contributed by atoms with Crippen molar-refractivity contribution in [1.29, 1.82) is 0 Å². The van der Waals surface area contributed by atoms with Crippen molar-refractivity contribution in [3.05, 3.63) is 29.8 Å². The summed E-state index contributed by atoms with van der Waals surface area (Å²) < 4.78 is 106. The number of ether oxygens (including phenoxy) is 1. The van der Waals surface area contributed by atoms with E-state index in [0.29, 0.717) is 12.8 Å². The summed E-state index contributed by atoms with van der Waals surface area (Å²) in [5, 5.41) is 9.48. The molecule has 1 aliphatic carbocycles. The smallest absolute Gasteiger partial charge is 0.480 e. The van der Waals surface area contributed by atoms with Crippen LogP contribution in [0, 0.1) is 11.8 Å². The predicted octanol–water partition coefficient (Wildman–Crippen LogP) is 4.18. The van der Waals surface area contributed by atoms with Crippen molar-refractivity contribution >= 4 is 23.7 Å². The first kappa shape index (κ1) is 32.8. The Hall–Kier alpha value is -3.66. The molecule has 1 fully saturated rings. The summed E-state index contributed by atoms with van der Waals surface area (Å²) in [5.41, 5.74) is 5.53. The first-order valence-electron chi connectivity index (χ1n) is 12.7. The van der Waals surface area contributed by atoms with Gasteiger partial charge in [-0.1, -0.05) is 32.0 Å². The van der Waals surface area contributed by atoms with Crippen LogP contribution in [0.1, 0.15) is 51.1 Å². The van der Waals surface area contributed by atoms with Gasteiger partial charge in [0, 0.05) is 18.5 Å². The third-order valence-corrected chi connectivity index (χ3v) is 7.53. The Morgan fingerprint density at radius 1 is 1.14 bits per heavy atom. The zero-order valence-electron chi connectivity index (χ0n) is 22.2. The first-order chi connectivity index (χ1) is 19.3. The molecule has 1 aromatic carbocycles. The number of halogens is 8. The molecule has 2 unspecified atom stereocenters. The van der Waals surface area contributed by atoms with E-state index in [1.54, 1.807) is 6.07 Å². The fourth-order valence-corrected chi connectivity index (χ4v) is 4.89. The second-order valence-corrected chi connectivity index (χ2v) is 10.1. The van der Waals surface area contributed by atoms with Crippen LogP contribution in [0.5, 0.6) is 5.75 Å². The molecule has 0 aromatic heterocycles. The van der Waals surface area contributed by atoms with E-state index in [-0.39, 0.29) is 23.7 Å². The molecular weight excluding hydrogens is 588 g/mol. The number of alkyl halides is 8. The lowest BCUT2D eigenvalue weighted by Gasteiger charge is -2.36. The number of nitrogens with zero attached hydrogens (tertiary/aromatic N) is 2. The topological polar surface area (TPSA) is 134 Å². The molecule has 9 nitrogen and oxygen atoms in total. The van der Waals surface area contributed by atoms with Gasteiger partial charge < -0.3 is 20.9 Å². The minimum Gasteiger partial charge on any atom is -0.480 e. The Balaban J connectivity index is 0.000000616. The Morgan fingerprint density at radius 3 is 2.21 bits per heavy atom. The van der Waals surface area contributed by atoms with E-state index in [1.165, 1.54) is 18.2 Å². The van der Waals surface area contributed by atoms with Crippen molar-refractivity contribution < 1.29 is 59.4 Å². The molecule has 17 heteroatoms. The fourth-order valence-electron chi connectivity index (χ4n) is 4.89. The highest BCUT2D eigenvalue weighted by Crippen LogP contribution is 2.56. The minimum atomic E-state index is -5.08. The maximum atomic E-state index is 14.6. The van der Waals surface area contributed by atoms with Gasteiger partial charge in [-0.3, -0.25) is 14.5 Å². The molecule has 4 N–H and O–H groups in total. The van der Waals surface area contributed by atoms with Crippen molar-refractivity contribution in [2.24, 2.45) is 22.6 Å². The number of nitrogens with one attached hydrogen (secondary N) is 1. The summed E-state index contributed by atoms with van der Waals surface area (Å²) in [4.78, 5) is 39.7. The van der Waals surface area contributed by atoms with E-state index in [1.807, 2.05) is 13.8 Å². The zero-order chi connectivity index (χ0) is 31.8. The van der Waals surface area contributed by atoms with Crippen LogP contribution >= 0.6 is 0 Å². The largest absolute Gasteiger partial charge is 0.490 e. The van der Waals surface area contributed by atoms with E-state index in [9.17, 15) is 44.7 Å². The number of hydrogen-bond donors (Lipinski definition) is 3. The summed E-state index contributed by atoms with van der Waals surface area (Å²) in [6, 6.07) is 4.69. The van der Waals surface area contributed by atoms with Crippen LogP contribution in [0.15, 0.2) is 29.3 Å². The number of nitrogens with two attached hydrogens (primary N) is 1. The molecule has 4 rings (SSSR count). The van der Waals surface area contributed by atoms with Gasteiger partial charge >= 0.3 is 18.3 Å². The Labute approximate surface area is 234 Å². The molecule has 2 aliphatic heterocycles. The number of aliphatic imine (C=N–C) groups is 1. The summed E-state index contributed by atoms with van der Waals surface area (Å²) in [5.74, 6) is -11.3. The quantitative estimate of drug-likeness (QED) is 0.411. The van der Waals surface area contributed by atoms with Gasteiger partial charge in [-0.05, 0) is 18.9 Å². The molecule has 3 aliphatic rings. The summed E-state index contributed by atoms with van der Waals surface area (Å²) >= 11 is 0. The molecule has 42 heavy (non-hydrogen) atoms. The van der Waals surface area contributed by atoms with Crippen LogP contribution in [-0.4, -0.2) is 70.2 Å². The number of rotatable bonds is 6. The normalized spacial score (nSPS) is 26.1. The second-order valence-electron chi connectivity index (χ2n) is 10.1. The molecule has 1 aromatic rings. The number of amides is 2. The highest BCUT2D eigenvalue weighted by atomic mass is 19.4. The van der Waals surface area contributed by atoms with Gasteiger partial charge in [-0.25, -0.2) is 18.6 Å². The van der Waals surface area contributed by atoms with E-state index >= 15 is 0 Å². The Kier molecular flexibility index (Phi) is 9.03. The molecular formula is C25H28F8N4O5. The SMILES string of the molecule is CCC1(CC)CC(=O)N(CC2C(C(=O)N[C@@H]3C[C@H](C(F)(F)F)Oc4ccccc43)C2(F)F)C(N)=N1.O=C(O)C(F)(F)F.